The molecule has 0 saturated heterocycles. The maximum absolute atomic E-state index is 4.74. The monoisotopic (exact) mass is 649 g/mol. The van der Waals surface area contributed by atoms with Crippen molar-refractivity contribution in [2.24, 2.45) is 0 Å². The third kappa shape index (κ3) is 7.93. The van der Waals surface area contributed by atoms with Crippen molar-refractivity contribution in [2.45, 2.75) is 22.9 Å². The van der Waals surface area contributed by atoms with Crippen molar-refractivity contribution >= 4 is 30.3 Å². The van der Waals surface area contributed by atoms with Crippen molar-refractivity contribution in [1.82, 2.24) is 15.0 Å². The van der Waals surface area contributed by atoms with E-state index >= 15 is 0 Å². The summed E-state index contributed by atoms with van der Waals surface area (Å²) in [7, 11) is -0.716. The van der Waals surface area contributed by atoms with Crippen molar-refractivity contribution in [1.29, 1.82) is 0 Å². The quantitative estimate of drug-likeness (QED) is 0.125. The molecule has 216 valence electrons. The molecule has 2 aliphatic carbocycles. The van der Waals surface area contributed by atoms with Gasteiger partial charge in [-0.25, -0.2) is 4.68 Å². The van der Waals surface area contributed by atoms with E-state index in [-0.39, 0.29) is 23.1 Å². The van der Waals surface area contributed by atoms with Gasteiger partial charge < -0.3 is 0 Å². The van der Waals surface area contributed by atoms with E-state index in [4.69, 9.17) is 10.3 Å². The molecule has 3 nitrogen and oxygen atoms in total. The van der Waals surface area contributed by atoms with Crippen LogP contribution < -0.4 is 10.6 Å². The minimum absolute atomic E-state index is 0. The average Bonchev–Trinajstić information content (AvgIpc) is 3.87. The topological polar surface area (TPSA) is 30.7 Å². The molecule has 0 unspecified atom stereocenters. The van der Waals surface area contributed by atoms with Crippen LogP contribution in [0.3, 0.4) is 0 Å². The molecule has 2 saturated carbocycles. The molecule has 0 N–H and O–H groups in total. The summed E-state index contributed by atoms with van der Waals surface area (Å²) in [5.41, 5.74) is 3.34. The Bertz CT molecular complexity index is 1480. The zero-order chi connectivity index (χ0) is 29.3. The fourth-order valence-electron chi connectivity index (χ4n) is 5.03. The molecule has 44 heavy (non-hydrogen) atoms. The molecule has 6 heteroatoms. The van der Waals surface area contributed by atoms with Gasteiger partial charge in [0.2, 0.25) is 0 Å². The second kappa shape index (κ2) is 16.6. The molecular weight excluding hydrogens is 617 g/mol. The Labute approximate surface area is 279 Å². The van der Waals surface area contributed by atoms with Gasteiger partial charge in [0, 0.05) is 22.0 Å². The van der Waals surface area contributed by atoms with Crippen LogP contribution in [0.4, 0.5) is 0 Å². The van der Waals surface area contributed by atoms with Crippen LogP contribution in [-0.2, 0) is 17.1 Å². The molecule has 2 fully saturated rings. The molecule has 7 rings (SSSR count). The Morgan fingerprint density at radius 2 is 1.11 bits per heavy atom. The first-order valence-electron chi connectivity index (χ1n) is 14.4. The van der Waals surface area contributed by atoms with E-state index in [2.05, 4.69) is 140 Å². The van der Waals surface area contributed by atoms with Gasteiger partial charge in [-0.2, -0.15) is 0 Å². The summed E-state index contributed by atoms with van der Waals surface area (Å²) in [5.74, 6) is 1.28. The summed E-state index contributed by atoms with van der Waals surface area (Å²) in [4.78, 5) is 1.17. The van der Waals surface area contributed by atoms with E-state index in [0.29, 0.717) is 0 Å². The first-order chi connectivity index (χ1) is 21.3. The fourth-order valence-corrected chi connectivity index (χ4v) is 8.64. The molecule has 10 radical (unpaired) electrons. The number of hydrogen-bond acceptors (Lipinski definition) is 3. The molecular formula is C38H32FeN3PS+2. The van der Waals surface area contributed by atoms with Crippen molar-refractivity contribution in [3.05, 3.63) is 184 Å². The second-order valence-corrected chi connectivity index (χ2v) is 13.2. The standard InChI is InChI=1S/C33H27N3PS.C5H5.Fe/c1-25(30-23-14-24-31(30)37(27-17-8-3-9-18-27)28-19-10-4-11-20-28)36-33(38-29-21-12-5-13-22-29)32(34-35-36)26-15-6-2-7-16-26;1-2-4-5-3-1;/h2-25H,1H3;1-5H;/q;;+2/t25-;;/m0../s1. The van der Waals surface area contributed by atoms with Gasteiger partial charge in [-0.15, -0.1) is 5.10 Å². The summed E-state index contributed by atoms with van der Waals surface area (Å²) in [6.07, 6.45) is 16.7. The third-order valence-corrected chi connectivity index (χ3v) is 10.7. The largest absolute Gasteiger partial charge is 2.00 e. The van der Waals surface area contributed by atoms with Crippen LogP contribution in [0.15, 0.2) is 131 Å². The Hall–Kier alpha value is -2.68. The van der Waals surface area contributed by atoms with Crippen LogP contribution in [0, 0.1) is 62.9 Å². The maximum atomic E-state index is 4.74. The molecule has 5 aromatic rings. The van der Waals surface area contributed by atoms with Crippen molar-refractivity contribution in [2.75, 3.05) is 0 Å². The second-order valence-electron chi connectivity index (χ2n) is 9.98. The summed E-state index contributed by atoms with van der Waals surface area (Å²) in [6, 6.07) is 42.5. The summed E-state index contributed by atoms with van der Waals surface area (Å²) >= 11 is 1.72. The van der Waals surface area contributed by atoms with E-state index in [1.54, 1.807) is 11.8 Å². The average molecular weight is 650 g/mol. The fraction of sp³-hybridized carbons (Fsp3) is 0.0526. The molecule has 0 aliphatic heterocycles. The van der Waals surface area contributed by atoms with Crippen molar-refractivity contribution in [3.8, 4) is 11.3 Å². The number of hydrogen-bond donors (Lipinski definition) is 0. The van der Waals surface area contributed by atoms with Gasteiger partial charge in [-0.3, -0.25) is 0 Å². The van der Waals surface area contributed by atoms with Gasteiger partial charge in [0.1, 0.15) is 10.7 Å². The summed E-state index contributed by atoms with van der Waals surface area (Å²) in [5, 5.41) is 13.2. The third-order valence-electron chi connectivity index (χ3n) is 7.12. The molecule has 1 atom stereocenters. The number of rotatable bonds is 8. The van der Waals surface area contributed by atoms with Gasteiger partial charge >= 0.3 is 17.1 Å². The zero-order valence-corrected chi connectivity index (χ0v) is 27.1. The van der Waals surface area contributed by atoms with Crippen LogP contribution in [0.2, 0.25) is 0 Å². The normalized spacial score (nSPS) is 15.9. The minimum atomic E-state index is -0.716. The van der Waals surface area contributed by atoms with Crippen LogP contribution in [0.1, 0.15) is 13.0 Å². The molecule has 0 amide bonds. The van der Waals surface area contributed by atoms with E-state index < -0.39 is 7.92 Å². The molecule has 1 heterocycles. The number of benzene rings is 4. The predicted molar refractivity (Wildman–Crippen MR) is 181 cm³/mol. The molecule has 0 bridgehead atoms. The van der Waals surface area contributed by atoms with Crippen LogP contribution in [-0.4, -0.2) is 15.0 Å². The smallest absolute Gasteiger partial charge is 0.234 e. The molecule has 0 spiro atoms. The Morgan fingerprint density at radius 1 is 0.614 bits per heavy atom. The van der Waals surface area contributed by atoms with Gasteiger partial charge in [-0.05, 0) is 89.0 Å². The number of aromatic nitrogens is 3. The zero-order valence-electron chi connectivity index (χ0n) is 24.3. The van der Waals surface area contributed by atoms with E-state index in [1.165, 1.54) is 27.1 Å². The SMILES string of the molecule is C[C@@H]([C]1[CH][CH][CH][C]1P(c1ccccc1)c1ccccc1)n1nnc(-c2ccccc2)c1Sc1ccccc1.[CH]1[CH][CH][CH][CH]1.[Fe+2]. The van der Waals surface area contributed by atoms with Gasteiger partial charge in [0.05, 0.1) is 6.04 Å². The maximum Gasteiger partial charge on any atom is 2.00 e. The van der Waals surface area contributed by atoms with Gasteiger partial charge in [0.15, 0.2) is 0 Å². The van der Waals surface area contributed by atoms with Crippen LogP contribution in [0.5, 0.6) is 0 Å². The Morgan fingerprint density at radius 3 is 1.66 bits per heavy atom. The van der Waals surface area contributed by atoms with Gasteiger partial charge in [-0.1, -0.05) is 126 Å². The van der Waals surface area contributed by atoms with Gasteiger partial charge in [0.25, 0.3) is 0 Å². The van der Waals surface area contributed by atoms with Crippen LogP contribution in [0.25, 0.3) is 11.3 Å². The van der Waals surface area contributed by atoms with Crippen molar-refractivity contribution in [3.63, 3.8) is 0 Å². The molecule has 1 aromatic heterocycles. The Kier molecular flexibility index (Phi) is 12.3. The molecule has 4 aromatic carbocycles. The molecule has 2 aliphatic rings. The first kappa shape index (κ1) is 32.7. The van der Waals surface area contributed by atoms with E-state index in [1.807, 2.05) is 44.2 Å². The Balaban J connectivity index is 0.000000584. The van der Waals surface area contributed by atoms with E-state index in [0.717, 1.165) is 16.3 Å². The van der Waals surface area contributed by atoms with E-state index in [9.17, 15) is 0 Å². The summed E-state index contributed by atoms with van der Waals surface area (Å²) < 4.78 is 2.10. The summed E-state index contributed by atoms with van der Waals surface area (Å²) in [6.45, 7) is 2.24. The minimum Gasteiger partial charge on any atom is -0.234 e. The van der Waals surface area contributed by atoms with Crippen molar-refractivity contribution < 1.29 is 17.1 Å². The van der Waals surface area contributed by atoms with Crippen LogP contribution >= 0.6 is 19.7 Å². The first-order valence-corrected chi connectivity index (χ1v) is 16.5. The number of nitrogens with zero attached hydrogens (tertiary/aromatic N) is 3. The predicted octanol–water partition coefficient (Wildman–Crippen LogP) is 8.54.